The Bertz CT molecular complexity index is 925. The third kappa shape index (κ3) is 1.98. The molecule has 1 aromatic carbocycles. The molecule has 22 heavy (non-hydrogen) atoms. The van der Waals surface area contributed by atoms with E-state index in [1.165, 1.54) is 22.3 Å². The Balaban J connectivity index is 2.00. The molecule has 0 bridgehead atoms. The number of halogens is 2. The molecule has 0 saturated heterocycles. The first kappa shape index (κ1) is 13.6. The lowest BCUT2D eigenvalue weighted by molar-refractivity contribution is 0.587. The zero-order valence-corrected chi connectivity index (χ0v) is 12.4. The summed E-state index contributed by atoms with van der Waals surface area (Å²) < 4.78 is 27.8. The highest BCUT2D eigenvalue weighted by Gasteiger charge is 2.21. The second-order valence-corrected chi connectivity index (χ2v) is 6.49. The van der Waals surface area contributed by atoms with E-state index in [1.54, 1.807) is 0 Å². The maximum absolute atomic E-state index is 13.9. The minimum absolute atomic E-state index is 0.0494. The largest absolute Gasteiger partial charge is 0.306 e. The third-order valence-electron chi connectivity index (χ3n) is 4.02. The normalized spacial score (nSPS) is 14.3. The first-order chi connectivity index (χ1) is 10.6. The summed E-state index contributed by atoms with van der Waals surface area (Å²) in [4.78, 5) is 21.0. The molecule has 0 atom stereocenters. The number of nitrogens with one attached hydrogen (secondary N) is 1. The predicted octanol–water partition coefficient (Wildman–Crippen LogP) is 3.81. The van der Waals surface area contributed by atoms with Crippen LogP contribution in [-0.2, 0) is 12.8 Å². The molecule has 1 N–H and O–H groups in total. The lowest BCUT2D eigenvalue weighted by Gasteiger charge is -2.09. The van der Waals surface area contributed by atoms with Gasteiger partial charge in [0.2, 0.25) is 0 Å². The van der Waals surface area contributed by atoms with Crippen molar-refractivity contribution in [2.75, 3.05) is 0 Å². The van der Waals surface area contributed by atoms with Gasteiger partial charge in [0.1, 0.15) is 22.3 Å². The zero-order valence-electron chi connectivity index (χ0n) is 11.6. The standard InChI is InChI=1S/C16H12F2N2OS/c17-9-5-3-6-10(18)13(9)14-19-15(21)12-8-4-1-2-7-11(8)22-16(12)20-14/h3,5-6H,1-2,4,7H2,(H,19,20,21). The van der Waals surface area contributed by atoms with Gasteiger partial charge in [0.05, 0.1) is 10.9 Å². The Kier molecular flexibility index (Phi) is 3.07. The zero-order chi connectivity index (χ0) is 15.3. The average molecular weight is 318 g/mol. The summed E-state index contributed by atoms with van der Waals surface area (Å²) in [6, 6.07) is 3.60. The fourth-order valence-electron chi connectivity index (χ4n) is 3.01. The van der Waals surface area contributed by atoms with Crippen molar-refractivity contribution in [1.82, 2.24) is 9.97 Å². The molecule has 3 nitrogen and oxygen atoms in total. The molecule has 0 aliphatic heterocycles. The smallest absolute Gasteiger partial charge is 0.260 e. The summed E-state index contributed by atoms with van der Waals surface area (Å²) >= 11 is 1.46. The van der Waals surface area contributed by atoms with Crippen LogP contribution in [0.2, 0.25) is 0 Å². The lowest BCUT2D eigenvalue weighted by Crippen LogP contribution is -2.12. The highest BCUT2D eigenvalue weighted by molar-refractivity contribution is 7.18. The number of aromatic amines is 1. The SMILES string of the molecule is O=c1[nH]c(-c2c(F)cccc2F)nc2sc3c(c12)CCCC3. The molecular formula is C16H12F2N2OS. The van der Waals surface area contributed by atoms with Gasteiger partial charge in [-0.25, -0.2) is 13.8 Å². The van der Waals surface area contributed by atoms with E-state index in [4.69, 9.17) is 0 Å². The van der Waals surface area contributed by atoms with Gasteiger partial charge in [0, 0.05) is 4.88 Å². The molecule has 0 amide bonds. The van der Waals surface area contributed by atoms with E-state index >= 15 is 0 Å². The Morgan fingerprint density at radius 3 is 2.64 bits per heavy atom. The molecule has 0 unspecified atom stereocenters. The summed E-state index contributed by atoms with van der Waals surface area (Å²) in [7, 11) is 0. The van der Waals surface area contributed by atoms with Gasteiger partial charge in [-0.1, -0.05) is 6.07 Å². The van der Waals surface area contributed by atoms with Crippen molar-refractivity contribution in [3.05, 3.63) is 50.6 Å². The van der Waals surface area contributed by atoms with Gasteiger partial charge in [-0.2, -0.15) is 0 Å². The molecule has 0 fully saturated rings. The van der Waals surface area contributed by atoms with Crippen molar-refractivity contribution in [2.24, 2.45) is 0 Å². The van der Waals surface area contributed by atoms with Crippen LogP contribution in [0.25, 0.3) is 21.6 Å². The molecule has 6 heteroatoms. The number of aryl methyl sites for hydroxylation is 2. The van der Waals surface area contributed by atoms with Crippen LogP contribution >= 0.6 is 11.3 Å². The number of H-pyrrole nitrogens is 1. The van der Waals surface area contributed by atoms with E-state index in [0.717, 1.165) is 43.4 Å². The predicted molar refractivity (Wildman–Crippen MR) is 82.2 cm³/mol. The van der Waals surface area contributed by atoms with Gasteiger partial charge >= 0.3 is 0 Å². The number of fused-ring (bicyclic) bond motifs is 3. The summed E-state index contributed by atoms with van der Waals surface area (Å²) in [5.41, 5.74) is 0.454. The van der Waals surface area contributed by atoms with Gasteiger partial charge in [-0.05, 0) is 43.4 Å². The van der Waals surface area contributed by atoms with Crippen molar-refractivity contribution >= 4 is 21.6 Å². The fourth-order valence-corrected chi connectivity index (χ4v) is 4.27. The summed E-state index contributed by atoms with van der Waals surface area (Å²) in [5.74, 6) is -1.51. The highest BCUT2D eigenvalue weighted by atomic mass is 32.1. The molecule has 0 radical (unpaired) electrons. The monoisotopic (exact) mass is 318 g/mol. The van der Waals surface area contributed by atoms with Gasteiger partial charge in [0.25, 0.3) is 5.56 Å². The topological polar surface area (TPSA) is 45.8 Å². The van der Waals surface area contributed by atoms with Crippen molar-refractivity contribution in [3.8, 4) is 11.4 Å². The third-order valence-corrected chi connectivity index (χ3v) is 5.21. The molecule has 2 heterocycles. The van der Waals surface area contributed by atoms with Gasteiger partial charge in [-0.3, -0.25) is 4.79 Å². The Morgan fingerprint density at radius 1 is 1.14 bits per heavy atom. The van der Waals surface area contributed by atoms with E-state index < -0.39 is 11.6 Å². The van der Waals surface area contributed by atoms with Gasteiger partial charge < -0.3 is 4.98 Å². The summed E-state index contributed by atoms with van der Waals surface area (Å²) in [6.45, 7) is 0. The van der Waals surface area contributed by atoms with Gasteiger partial charge in [0.15, 0.2) is 0 Å². The van der Waals surface area contributed by atoms with Crippen LogP contribution in [0, 0.1) is 11.6 Å². The molecule has 2 aromatic heterocycles. The van der Waals surface area contributed by atoms with Crippen molar-refractivity contribution in [2.45, 2.75) is 25.7 Å². The molecule has 1 aliphatic carbocycles. The summed E-state index contributed by atoms with van der Waals surface area (Å²) in [5, 5.41) is 0.584. The Labute approximate surface area is 128 Å². The molecule has 112 valence electrons. The summed E-state index contributed by atoms with van der Waals surface area (Å²) in [6.07, 6.45) is 3.97. The number of hydrogen-bond donors (Lipinski definition) is 1. The molecular weight excluding hydrogens is 306 g/mol. The highest BCUT2D eigenvalue weighted by Crippen LogP contribution is 2.34. The number of thiophene rings is 1. The molecule has 1 aliphatic rings. The van der Waals surface area contributed by atoms with Crippen molar-refractivity contribution in [3.63, 3.8) is 0 Å². The number of rotatable bonds is 1. The van der Waals surface area contributed by atoms with E-state index in [-0.39, 0.29) is 16.9 Å². The van der Waals surface area contributed by atoms with Crippen LogP contribution < -0.4 is 5.56 Å². The Hall–Kier alpha value is -2.08. The number of aromatic nitrogens is 2. The van der Waals surface area contributed by atoms with E-state index in [2.05, 4.69) is 9.97 Å². The Morgan fingerprint density at radius 2 is 1.86 bits per heavy atom. The van der Waals surface area contributed by atoms with Crippen molar-refractivity contribution in [1.29, 1.82) is 0 Å². The van der Waals surface area contributed by atoms with E-state index in [0.29, 0.717) is 10.2 Å². The molecule has 3 aromatic rings. The number of nitrogens with zero attached hydrogens (tertiary/aromatic N) is 1. The minimum Gasteiger partial charge on any atom is -0.306 e. The van der Waals surface area contributed by atoms with E-state index in [9.17, 15) is 13.6 Å². The lowest BCUT2D eigenvalue weighted by atomic mass is 9.97. The van der Waals surface area contributed by atoms with Crippen molar-refractivity contribution < 1.29 is 8.78 Å². The quantitative estimate of drug-likeness (QED) is 0.741. The van der Waals surface area contributed by atoms with Crippen LogP contribution in [0.5, 0.6) is 0 Å². The van der Waals surface area contributed by atoms with Crippen LogP contribution in [0.15, 0.2) is 23.0 Å². The number of hydrogen-bond acceptors (Lipinski definition) is 3. The molecule has 0 saturated carbocycles. The first-order valence-electron chi connectivity index (χ1n) is 7.14. The maximum Gasteiger partial charge on any atom is 0.260 e. The number of benzene rings is 1. The molecule has 0 spiro atoms. The fraction of sp³-hybridized carbons (Fsp3) is 0.250. The maximum atomic E-state index is 13.9. The van der Waals surface area contributed by atoms with Gasteiger partial charge in [-0.15, -0.1) is 11.3 Å². The molecule has 4 rings (SSSR count). The van der Waals surface area contributed by atoms with Crippen LogP contribution in [0.1, 0.15) is 23.3 Å². The van der Waals surface area contributed by atoms with Crippen LogP contribution in [0.4, 0.5) is 8.78 Å². The second-order valence-electron chi connectivity index (χ2n) is 5.40. The van der Waals surface area contributed by atoms with E-state index in [1.807, 2.05) is 0 Å². The van der Waals surface area contributed by atoms with Crippen LogP contribution in [0.3, 0.4) is 0 Å². The minimum atomic E-state index is -0.733. The van der Waals surface area contributed by atoms with Crippen LogP contribution in [-0.4, -0.2) is 9.97 Å². The second kappa shape index (κ2) is 4.98. The average Bonchev–Trinajstić information content (AvgIpc) is 2.85. The first-order valence-corrected chi connectivity index (χ1v) is 7.96.